The van der Waals surface area contributed by atoms with Crippen LogP contribution in [0.3, 0.4) is 0 Å². The smallest absolute Gasteiger partial charge is 0.136 e. The zero-order chi connectivity index (χ0) is 10.7. The summed E-state index contributed by atoms with van der Waals surface area (Å²) in [6.45, 7) is 0.748. The summed E-state index contributed by atoms with van der Waals surface area (Å²) in [4.78, 5) is 0.765. The van der Waals surface area contributed by atoms with Crippen LogP contribution in [0.1, 0.15) is 19.3 Å². The lowest BCUT2D eigenvalue weighted by atomic mass is 10.1. The molecule has 0 aliphatic heterocycles. The minimum Gasteiger partial charge on any atom is -0.330 e. The molecule has 0 atom stereocenters. The first kappa shape index (κ1) is 11.0. The molecule has 1 fully saturated rings. The Morgan fingerprint density at radius 2 is 2.07 bits per heavy atom. The molecule has 0 unspecified atom stereocenters. The van der Waals surface area contributed by atoms with Gasteiger partial charge in [0.25, 0.3) is 0 Å². The third kappa shape index (κ3) is 2.73. The molecule has 1 aromatic carbocycles. The number of hydrogen-bond donors (Lipinski definition) is 1. The van der Waals surface area contributed by atoms with Gasteiger partial charge in [-0.05, 0) is 43.4 Å². The van der Waals surface area contributed by atoms with Gasteiger partial charge < -0.3 is 5.73 Å². The molecule has 0 bridgehead atoms. The molecule has 1 nitrogen and oxygen atoms in total. The van der Waals surface area contributed by atoms with Crippen LogP contribution in [0.5, 0.6) is 0 Å². The highest BCUT2D eigenvalue weighted by Gasteiger charge is 2.41. The molecule has 0 saturated heterocycles. The largest absolute Gasteiger partial charge is 0.330 e. The Hall–Kier alpha value is -0.540. The van der Waals surface area contributed by atoms with Crippen LogP contribution in [-0.2, 0) is 0 Å². The van der Waals surface area contributed by atoms with E-state index >= 15 is 0 Å². The van der Waals surface area contributed by atoms with Crippen molar-refractivity contribution in [1.29, 1.82) is 0 Å². The van der Waals surface area contributed by atoms with Gasteiger partial charge in [-0.15, -0.1) is 11.8 Å². The summed E-state index contributed by atoms with van der Waals surface area (Å²) in [5, 5.41) is 0. The molecular formula is C12H16FNS. The lowest BCUT2D eigenvalue weighted by molar-refractivity contribution is 0.536. The van der Waals surface area contributed by atoms with Gasteiger partial charge >= 0.3 is 0 Å². The Balaban J connectivity index is 1.91. The van der Waals surface area contributed by atoms with E-state index in [1.165, 1.54) is 18.9 Å². The second-order valence-electron chi connectivity index (χ2n) is 4.26. The SMILES string of the molecule is NCCC1(CSc2ccccc2F)CC1. The molecule has 2 rings (SSSR count). The number of benzene rings is 1. The highest BCUT2D eigenvalue weighted by Crippen LogP contribution is 2.51. The second kappa shape index (κ2) is 4.54. The molecule has 0 amide bonds. The standard InChI is InChI=1S/C12H16FNS/c13-10-3-1-2-4-11(10)15-9-12(5-6-12)7-8-14/h1-4H,5-9,14H2. The molecule has 0 spiro atoms. The molecule has 0 radical (unpaired) electrons. The quantitative estimate of drug-likeness (QED) is 0.779. The highest BCUT2D eigenvalue weighted by molar-refractivity contribution is 7.99. The Labute approximate surface area is 94.2 Å². The van der Waals surface area contributed by atoms with Crippen molar-refractivity contribution in [1.82, 2.24) is 0 Å². The minimum atomic E-state index is -0.106. The predicted molar refractivity (Wildman–Crippen MR) is 62.5 cm³/mol. The van der Waals surface area contributed by atoms with Crippen molar-refractivity contribution in [2.45, 2.75) is 24.2 Å². The molecule has 82 valence electrons. The second-order valence-corrected chi connectivity index (χ2v) is 5.27. The first-order chi connectivity index (χ1) is 7.26. The van der Waals surface area contributed by atoms with Crippen molar-refractivity contribution in [2.75, 3.05) is 12.3 Å². The fourth-order valence-corrected chi connectivity index (χ4v) is 3.02. The number of hydrogen-bond acceptors (Lipinski definition) is 2. The molecule has 0 heterocycles. The average molecular weight is 225 g/mol. The first-order valence-electron chi connectivity index (χ1n) is 5.33. The van der Waals surface area contributed by atoms with Crippen LogP contribution >= 0.6 is 11.8 Å². The lowest BCUT2D eigenvalue weighted by Gasteiger charge is -2.13. The molecule has 1 aliphatic carbocycles. The van der Waals surface area contributed by atoms with Gasteiger partial charge in [0.05, 0.1) is 0 Å². The maximum Gasteiger partial charge on any atom is 0.136 e. The van der Waals surface area contributed by atoms with Gasteiger partial charge in [-0.25, -0.2) is 4.39 Å². The van der Waals surface area contributed by atoms with E-state index in [1.807, 2.05) is 12.1 Å². The van der Waals surface area contributed by atoms with Crippen molar-refractivity contribution in [3.05, 3.63) is 30.1 Å². The van der Waals surface area contributed by atoms with Crippen molar-refractivity contribution < 1.29 is 4.39 Å². The Morgan fingerprint density at radius 3 is 2.67 bits per heavy atom. The van der Waals surface area contributed by atoms with Gasteiger partial charge in [0.1, 0.15) is 5.82 Å². The predicted octanol–water partition coefficient (Wildman–Crippen LogP) is 3.05. The summed E-state index contributed by atoms with van der Waals surface area (Å²) >= 11 is 1.63. The normalized spacial score (nSPS) is 17.7. The maximum atomic E-state index is 13.3. The number of nitrogens with two attached hydrogens (primary N) is 1. The molecule has 1 saturated carbocycles. The van der Waals surface area contributed by atoms with Crippen LogP contribution in [-0.4, -0.2) is 12.3 Å². The summed E-state index contributed by atoms with van der Waals surface area (Å²) in [5.41, 5.74) is 5.99. The van der Waals surface area contributed by atoms with E-state index in [1.54, 1.807) is 17.8 Å². The summed E-state index contributed by atoms with van der Waals surface area (Å²) in [6, 6.07) is 6.98. The number of thioether (sulfide) groups is 1. The van der Waals surface area contributed by atoms with Crippen molar-refractivity contribution in [2.24, 2.45) is 11.1 Å². The van der Waals surface area contributed by atoms with Crippen LogP contribution in [0.4, 0.5) is 4.39 Å². The van der Waals surface area contributed by atoms with Gasteiger partial charge in [0.15, 0.2) is 0 Å². The van der Waals surface area contributed by atoms with Crippen molar-refractivity contribution >= 4 is 11.8 Å². The molecule has 1 aliphatic rings. The fraction of sp³-hybridized carbons (Fsp3) is 0.500. The van der Waals surface area contributed by atoms with Crippen LogP contribution in [0.15, 0.2) is 29.2 Å². The first-order valence-corrected chi connectivity index (χ1v) is 6.32. The van der Waals surface area contributed by atoms with E-state index in [0.29, 0.717) is 5.41 Å². The third-order valence-electron chi connectivity index (χ3n) is 3.00. The zero-order valence-electron chi connectivity index (χ0n) is 8.71. The Kier molecular flexibility index (Phi) is 3.32. The van der Waals surface area contributed by atoms with E-state index in [0.717, 1.165) is 23.6 Å². The summed E-state index contributed by atoms with van der Waals surface area (Å²) in [5.74, 6) is 0.900. The van der Waals surface area contributed by atoms with E-state index in [4.69, 9.17) is 5.73 Å². The fourth-order valence-electron chi connectivity index (χ4n) is 1.74. The lowest BCUT2D eigenvalue weighted by Crippen LogP contribution is -2.11. The van der Waals surface area contributed by atoms with Gasteiger partial charge in [-0.2, -0.15) is 0 Å². The van der Waals surface area contributed by atoms with Crippen LogP contribution in [0, 0.1) is 11.2 Å². The number of rotatable bonds is 5. The maximum absolute atomic E-state index is 13.3. The number of halogens is 1. The minimum absolute atomic E-state index is 0.106. The molecular weight excluding hydrogens is 209 g/mol. The van der Waals surface area contributed by atoms with Gasteiger partial charge in [0, 0.05) is 10.6 Å². The molecule has 3 heteroatoms. The third-order valence-corrected chi connectivity index (χ3v) is 4.40. The van der Waals surface area contributed by atoms with Crippen molar-refractivity contribution in [3.63, 3.8) is 0 Å². The monoisotopic (exact) mass is 225 g/mol. The Bertz CT molecular complexity index is 336. The van der Waals surface area contributed by atoms with Crippen LogP contribution < -0.4 is 5.73 Å². The van der Waals surface area contributed by atoms with Gasteiger partial charge in [-0.1, -0.05) is 12.1 Å². The van der Waals surface area contributed by atoms with Gasteiger partial charge in [-0.3, -0.25) is 0 Å². The van der Waals surface area contributed by atoms with E-state index < -0.39 is 0 Å². The van der Waals surface area contributed by atoms with E-state index in [9.17, 15) is 4.39 Å². The summed E-state index contributed by atoms with van der Waals surface area (Å²) in [7, 11) is 0. The van der Waals surface area contributed by atoms with Crippen LogP contribution in [0.25, 0.3) is 0 Å². The zero-order valence-corrected chi connectivity index (χ0v) is 9.52. The molecule has 1 aromatic rings. The van der Waals surface area contributed by atoms with Crippen molar-refractivity contribution in [3.8, 4) is 0 Å². The summed E-state index contributed by atoms with van der Waals surface area (Å²) in [6.07, 6.45) is 3.59. The highest BCUT2D eigenvalue weighted by atomic mass is 32.2. The van der Waals surface area contributed by atoms with E-state index in [2.05, 4.69) is 0 Å². The summed E-state index contributed by atoms with van der Waals surface area (Å²) < 4.78 is 13.3. The average Bonchev–Trinajstić information content (AvgIpc) is 2.98. The molecule has 0 aromatic heterocycles. The Morgan fingerprint density at radius 1 is 1.33 bits per heavy atom. The van der Waals surface area contributed by atoms with E-state index in [-0.39, 0.29) is 5.82 Å². The molecule has 2 N–H and O–H groups in total. The topological polar surface area (TPSA) is 26.0 Å². The van der Waals surface area contributed by atoms with Gasteiger partial charge in [0.2, 0.25) is 0 Å². The molecule has 15 heavy (non-hydrogen) atoms. The van der Waals surface area contributed by atoms with Crippen LogP contribution in [0.2, 0.25) is 0 Å².